The average Bonchev–Trinajstić information content (AvgIpc) is 0.795. The molecule has 5 saturated heterocycles. The maximum Gasteiger partial charge on any atom is 0.410 e. The minimum absolute atomic E-state index is 0. The Labute approximate surface area is 639 Å². The molecule has 14 rings (SSSR count). The van der Waals surface area contributed by atoms with Gasteiger partial charge in [0.25, 0.3) is 0 Å². The second-order valence-electron chi connectivity index (χ2n) is 25.9. The van der Waals surface area contributed by atoms with Crippen LogP contribution in [0.25, 0.3) is 21.8 Å². The molecule has 7 aromatic heterocycles. The number of anilines is 1. The first-order valence-electron chi connectivity index (χ1n) is 31.4. The number of carbonyl (C=O) groups is 3. The van der Waals surface area contributed by atoms with E-state index in [0.29, 0.717) is 62.6 Å². The third-order valence-corrected chi connectivity index (χ3v) is 17.6. The fourth-order valence-electron chi connectivity index (χ4n) is 9.47. The average molecular weight is 1680 g/mol. The molecule has 3 amide bonds. The zero-order valence-electron chi connectivity index (χ0n) is 56.2. The van der Waals surface area contributed by atoms with Gasteiger partial charge in [-0.1, -0.05) is 135 Å². The highest BCUT2D eigenvalue weighted by Gasteiger charge is 2.39. The minimum Gasteiger partial charge on any atom is -0.444 e. The molecule has 0 aliphatic carbocycles. The van der Waals surface area contributed by atoms with Crippen molar-refractivity contribution in [1.82, 2.24) is 79.8 Å². The first-order chi connectivity index (χ1) is 47.0. The summed E-state index contributed by atoms with van der Waals surface area (Å²) in [7, 11) is 0. The van der Waals surface area contributed by atoms with Crippen molar-refractivity contribution in [1.29, 1.82) is 0 Å². The molecule has 0 unspecified atom stereocenters. The Hall–Kier alpha value is -6.53. The zero-order valence-corrected chi connectivity index (χ0v) is 65.3. The van der Waals surface area contributed by atoms with Gasteiger partial charge < -0.3 is 39.1 Å². The molecule has 23 nitrogen and oxygen atoms in total. The van der Waals surface area contributed by atoms with Crippen molar-refractivity contribution < 1.29 is 28.6 Å². The molecule has 5 aliphatic heterocycles. The van der Waals surface area contributed by atoms with Crippen LogP contribution in [0.3, 0.4) is 0 Å². The first-order valence-corrected chi connectivity index (χ1v) is 35.7. The van der Waals surface area contributed by atoms with Crippen molar-refractivity contribution in [2.45, 2.75) is 107 Å². The number of carbonyl (C=O) groups excluding carboxylic acids is 3. The fraction of sp³-hybridized carbons (Fsp3) is 0.397. The molecule has 0 bridgehead atoms. The highest BCUT2D eigenvalue weighted by Crippen LogP contribution is 2.35. The number of nitrogens with one attached hydrogen (secondary N) is 1. The normalized spacial score (nSPS) is 15.2. The van der Waals surface area contributed by atoms with Gasteiger partial charge >= 0.3 is 18.3 Å². The van der Waals surface area contributed by atoms with Crippen LogP contribution in [-0.4, -0.2) is 179 Å². The third kappa shape index (κ3) is 24.9. The van der Waals surface area contributed by atoms with Gasteiger partial charge in [-0.05, 0) is 109 Å². The lowest BCUT2D eigenvalue weighted by Gasteiger charge is -2.39. The Morgan fingerprint density at radius 1 is 0.420 bits per heavy atom. The summed E-state index contributed by atoms with van der Waals surface area (Å²) in [5, 5.41) is 7.85. The van der Waals surface area contributed by atoms with Crippen molar-refractivity contribution in [2.24, 2.45) is 0 Å². The van der Waals surface area contributed by atoms with E-state index in [-0.39, 0.29) is 58.4 Å². The van der Waals surface area contributed by atoms with Crippen molar-refractivity contribution in [2.75, 3.05) is 70.3 Å². The van der Waals surface area contributed by atoms with Crippen LogP contribution in [0.1, 0.15) is 109 Å². The molecule has 2 aromatic carbocycles. The van der Waals surface area contributed by atoms with E-state index in [0.717, 1.165) is 88.9 Å². The predicted molar refractivity (Wildman–Crippen MR) is 406 cm³/mol. The van der Waals surface area contributed by atoms with Crippen LogP contribution in [0.5, 0.6) is 0 Å². The lowest BCUT2D eigenvalue weighted by atomic mass is 9.96. The molecule has 532 valence electrons. The summed E-state index contributed by atoms with van der Waals surface area (Å²) in [6, 6.07) is 24.4. The molecule has 1 N–H and O–H groups in total. The number of hydrogen-bond acceptors (Lipinski definition) is 20. The molecular formula is C68H76BrCl7IN17O6. The van der Waals surface area contributed by atoms with Crippen LogP contribution in [0.15, 0.2) is 139 Å². The summed E-state index contributed by atoms with van der Waals surface area (Å²) in [5.74, 6) is 2.11. The van der Waals surface area contributed by atoms with Gasteiger partial charge in [0.05, 0.1) is 33.8 Å². The summed E-state index contributed by atoms with van der Waals surface area (Å²) in [6.45, 7) is 24.4. The van der Waals surface area contributed by atoms with Gasteiger partial charge in [0, 0.05) is 166 Å². The number of aromatic nitrogens is 12. The molecular weight excluding hydrogens is 1610 g/mol. The Balaban J connectivity index is 0.000000167. The van der Waals surface area contributed by atoms with Gasteiger partial charge in [0.15, 0.2) is 30.9 Å². The number of likely N-dealkylation sites (tertiary alicyclic amines) is 3. The van der Waals surface area contributed by atoms with Crippen molar-refractivity contribution in [3.63, 3.8) is 0 Å². The van der Waals surface area contributed by atoms with Crippen LogP contribution in [0, 0.1) is 0 Å². The first kappa shape index (κ1) is 80.8. The summed E-state index contributed by atoms with van der Waals surface area (Å²) in [5.41, 5.74) is 4.06. The summed E-state index contributed by atoms with van der Waals surface area (Å²) >= 11 is 40.3. The molecule has 100 heavy (non-hydrogen) atoms. The molecule has 0 spiro atoms. The number of alkyl halides is 1. The number of pyridine rings is 2. The number of para-hydroxylation sites is 2. The number of nitrogens with zero attached hydrogens (tertiary/aromatic N) is 16. The molecule has 5 aliphatic rings. The molecule has 12 heterocycles. The molecule has 9 aromatic rings. The smallest absolute Gasteiger partial charge is 0.410 e. The summed E-state index contributed by atoms with van der Waals surface area (Å²) in [6.07, 6.45) is 15.1. The number of amides is 3. The maximum atomic E-state index is 11.7. The second-order valence-corrected chi connectivity index (χ2v) is 30.6. The molecule has 32 heteroatoms. The summed E-state index contributed by atoms with van der Waals surface area (Å²) < 4.78 is 17.2. The van der Waals surface area contributed by atoms with Gasteiger partial charge in [0.2, 0.25) is 0 Å². The molecule has 5 fully saturated rings. The number of benzene rings is 2. The van der Waals surface area contributed by atoms with E-state index < -0.39 is 11.2 Å². The van der Waals surface area contributed by atoms with E-state index in [1.165, 1.54) is 17.8 Å². The maximum absolute atomic E-state index is 11.7. The molecule has 0 atom stereocenters. The number of ether oxygens (including phenoxy) is 3. The van der Waals surface area contributed by atoms with Crippen molar-refractivity contribution in [3.8, 4) is 0 Å². The topological polar surface area (TPSA) is 259 Å². The Bertz CT molecular complexity index is 4050. The second kappa shape index (κ2) is 37.6. The Morgan fingerprint density at radius 3 is 1.06 bits per heavy atom. The highest BCUT2D eigenvalue weighted by atomic mass is 127. The fourth-order valence-corrected chi connectivity index (χ4v) is 12.0. The van der Waals surface area contributed by atoms with Gasteiger partial charge in [-0.25, -0.2) is 54.3 Å². The van der Waals surface area contributed by atoms with Crippen molar-refractivity contribution in [3.05, 3.63) is 193 Å². The van der Waals surface area contributed by atoms with E-state index in [2.05, 4.69) is 128 Å². The Kier molecular flexibility index (Phi) is 30.4. The quantitative estimate of drug-likeness (QED) is 0.0726. The number of hydrogen-bond donors (Lipinski definition) is 1. The van der Waals surface area contributed by atoms with E-state index >= 15 is 0 Å². The van der Waals surface area contributed by atoms with Crippen LogP contribution >= 0.6 is 121 Å². The SMILES string of the molecule is Brc1ccc2ccccc2n1.CC(C)(C)OC(=O)N1CC(I)C1.CC(C)(C)OC(=O)N1CC(c2nccnc2Cl)C1.CC(C)(C)OC(=O)N1CC(c2nccnc2Cl)C1.Cl.Clc1nccnc1C1CN(c2ccc3ccccc3n2)C1.Clc1nccnc1C1CNC1.Clc1nccnc1Cl. The van der Waals surface area contributed by atoms with E-state index in [1.807, 2.05) is 111 Å². The standard InChI is InChI=1S/C16H13ClN4.2C12H16ClN3O2.C9H6BrN.C8H14INO2.C7H8ClN3.C4H2Cl2N2.ClH/c17-16-15(18-7-8-19-16)12-9-21(10-12)14-6-5-11-3-1-2-4-13(11)20-14;2*1-12(2,3)18-11(17)16-6-8(7-16)9-10(13)15-5-4-14-9;10-9-6-5-7-3-1-2-4-8(7)11-9;1-8(2,3)12-7(11)10-4-6(9)5-10;8-7-6(5-3-9-4-5)10-1-2-11-7;5-3-4(6)8-2-1-7-3;/h1-8,12H,9-10H2;2*4-5,8H,6-7H2,1-3H3;1-6H;6H,4-5H2,1-3H3;1-2,5,9H,3-4H2;1-2H;1H. The van der Waals surface area contributed by atoms with Gasteiger partial charge in [-0.15, -0.1) is 12.4 Å². The van der Waals surface area contributed by atoms with Crippen molar-refractivity contribution >= 4 is 166 Å². The van der Waals surface area contributed by atoms with E-state index in [1.54, 1.807) is 64.3 Å². The highest BCUT2D eigenvalue weighted by molar-refractivity contribution is 14.1. The minimum atomic E-state index is -0.466. The number of fused-ring (bicyclic) bond motifs is 2. The van der Waals surface area contributed by atoms with Gasteiger partial charge in [-0.3, -0.25) is 19.9 Å². The van der Waals surface area contributed by atoms with Crippen LogP contribution in [0.2, 0.25) is 30.9 Å². The zero-order chi connectivity index (χ0) is 71.6. The number of rotatable bonds is 5. The van der Waals surface area contributed by atoms with E-state index in [9.17, 15) is 14.4 Å². The van der Waals surface area contributed by atoms with Gasteiger partial charge in [0.1, 0.15) is 27.2 Å². The number of halogens is 9. The Morgan fingerprint density at radius 2 is 0.730 bits per heavy atom. The predicted octanol–water partition coefficient (Wildman–Crippen LogP) is 16.3. The van der Waals surface area contributed by atoms with Crippen LogP contribution in [-0.2, 0) is 14.2 Å². The lowest BCUT2D eigenvalue weighted by molar-refractivity contribution is 0.00693. The third-order valence-electron chi connectivity index (χ3n) is 14.6. The summed E-state index contributed by atoms with van der Waals surface area (Å²) in [4.78, 5) is 91.2. The van der Waals surface area contributed by atoms with Crippen LogP contribution in [0.4, 0.5) is 20.2 Å². The lowest BCUT2D eigenvalue weighted by Crippen LogP contribution is -2.52. The largest absolute Gasteiger partial charge is 0.444 e. The molecule has 0 saturated carbocycles. The van der Waals surface area contributed by atoms with E-state index in [4.69, 9.17) is 88.8 Å². The monoisotopic (exact) mass is 1680 g/mol. The van der Waals surface area contributed by atoms with Gasteiger partial charge in [-0.2, -0.15) is 0 Å². The van der Waals surface area contributed by atoms with Crippen LogP contribution < -0.4 is 10.2 Å². The molecule has 0 radical (unpaired) electrons.